The third-order valence-corrected chi connectivity index (χ3v) is 10.9. The van der Waals surface area contributed by atoms with E-state index < -0.39 is 32.5 Å². The molecule has 0 bridgehead atoms. The first-order valence-electron chi connectivity index (χ1n) is 23.2. The molecule has 0 aliphatic heterocycles. The fourth-order valence-corrected chi connectivity index (χ4v) is 6.96. The predicted octanol–water partition coefficient (Wildman–Crippen LogP) is 12.7. The van der Waals surface area contributed by atoms with Crippen LogP contribution in [0.4, 0.5) is 0 Å². The minimum Gasteiger partial charge on any atom is -0.756 e. The number of hydrogen-bond donors (Lipinski definition) is 0. The second-order valence-electron chi connectivity index (χ2n) is 16.8. The number of rotatable bonds is 42. The van der Waals surface area contributed by atoms with Gasteiger partial charge in [-0.3, -0.25) is 14.2 Å². The Morgan fingerprint density at radius 3 is 1.47 bits per heavy atom. The Bertz CT molecular complexity index is 1070. The highest BCUT2D eigenvalue weighted by Crippen LogP contribution is 2.38. The number of phosphoric acid groups is 1. The number of unbranched alkanes of at least 4 members (excludes halogenated alkanes) is 22. The highest BCUT2D eigenvalue weighted by atomic mass is 31.2. The number of allylic oxidation sites excluding steroid dienone is 6. The highest BCUT2D eigenvalue weighted by molar-refractivity contribution is 7.45. The molecule has 57 heavy (non-hydrogen) atoms. The molecule has 0 aromatic rings. The third-order valence-electron chi connectivity index (χ3n) is 9.90. The zero-order valence-corrected chi connectivity index (χ0v) is 38.4. The second kappa shape index (κ2) is 39.7. The molecule has 0 saturated heterocycles. The van der Waals surface area contributed by atoms with E-state index in [9.17, 15) is 19.0 Å². The molecular weight excluding hydrogens is 737 g/mol. The van der Waals surface area contributed by atoms with Gasteiger partial charge in [-0.2, -0.15) is 0 Å². The molecule has 0 aromatic carbocycles. The van der Waals surface area contributed by atoms with Crippen molar-refractivity contribution in [2.75, 3.05) is 47.5 Å². The standard InChI is InChI=1S/C47H88NO8P/c1-6-8-10-12-14-16-18-20-21-22-23-24-25-26-28-29-31-33-35-37-39-46(49)53-43-45(44-55-57(51,52)54-42-41-48(3,4)5)56-47(50)40-38-36-34-32-30-27-19-17-15-13-11-9-7-2/h23-24,27,30,34,36,45H,6-22,25-26,28-29,31-33,35,37-44H2,1-5H3/b24-23+,30-27+,36-34+. The van der Waals surface area contributed by atoms with Gasteiger partial charge >= 0.3 is 11.9 Å². The van der Waals surface area contributed by atoms with Crippen molar-refractivity contribution in [3.63, 3.8) is 0 Å². The molecule has 0 heterocycles. The van der Waals surface area contributed by atoms with Gasteiger partial charge in [-0.05, 0) is 57.8 Å². The summed E-state index contributed by atoms with van der Waals surface area (Å²) in [6.45, 7) is 4.16. The lowest BCUT2D eigenvalue weighted by molar-refractivity contribution is -0.870. The summed E-state index contributed by atoms with van der Waals surface area (Å²) in [5.41, 5.74) is 0. The molecule has 0 aliphatic rings. The molecule has 0 saturated carbocycles. The van der Waals surface area contributed by atoms with E-state index in [-0.39, 0.29) is 26.1 Å². The predicted molar refractivity (Wildman–Crippen MR) is 236 cm³/mol. The normalized spacial score (nSPS) is 13.9. The molecule has 0 rings (SSSR count). The van der Waals surface area contributed by atoms with E-state index in [4.69, 9.17) is 18.5 Å². The summed E-state index contributed by atoms with van der Waals surface area (Å²) in [7, 11) is 1.13. The topological polar surface area (TPSA) is 111 Å². The Morgan fingerprint density at radius 1 is 0.544 bits per heavy atom. The summed E-state index contributed by atoms with van der Waals surface area (Å²) in [5.74, 6) is -0.915. The monoisotopic (exact) mass is 826 g/mol. The largest absolute Gasteiger partial charge is 0.756 e. The summed E-state index contributed by atoms with van der Waals surface area (Å²) < 4.78 is 33.8. The van der Waals surface area contributed by atoms with Crippen LogP contribution in [0.25, 0.3) is 0 Å². The lowest BCUT2D eigenvalue weighted by Crippen LogP contribution is -2.37. The van der Waals surface area contributed by atoms with Gasteiger partial charge in [0.15, 0.2) is 6.10 Å². The van der Waals surface area contributed by atoms with Crippen LogP contribution in [0.15, 0.2) is 36.5 Å². The van der Waals surface area contributed by atoms with Crippen LogP contribution in [0.2, 0.25) is 0 Å². The van der Waals surface area contributed by atoms with E-state index in [1.54, 1.807) is 0 Å². The molecular formula is C47H88NO8P. The van der Waals surface area contributed by atoms with E-state index in [0.29, 0.717) is 17.4 Å². The molecule has 9 nitrogen and oxygen atoms in total. The second-order valence-corrected chi connectivity index (χ2v) is 18.2. The smallest absolute Gasteiger partial charge is 0.306 e. The van der Waals surface area contributed by atoms with E-state index in [1.165, 1.54) is 122 Å². The zero-order chi connectivity index (χ0) is 42.1. The molecule has 2 unspecified atom stereocenters. The maximum Gasteiger partial charge on any atom is 0.306 e. The first kappa shape index (κ1) is 55.2. The summed E-state index contributed by atoms with van der Waals surface area (Å²) in [6.07, 6.45) is 44.8. The average molecular weight is 826 g/mol. The number of quaternary nitrogens is 1. The number of ether oxygens (including phenoxy) is 2. The summed E-state index contributed by atoms with van der Waals surface area (Å²) >= 11 is 0. The van der Waals surface area contributed by atoms with Crippen molar-refractivity contribution in [2.45, 2.75) is 206 Å². The van der Waals surface area contributed by atoms with Crippen molar-refractivity contribution in [3.8, 4) is 0 Å². The van der Waals surface area contributed by atoms with Crippen molar-refractivity contribution in [1.82, 2.24) is 0 Å². The van der Waals surface area contributed by atoms with Gasteiger partial charge in [-0.25, -0.2) is 0 Å². The van der Waals surface area contributed by atoms with Gasteiger partial charge in [0, 0.05) is 12.8 Å². The van der Waals surface area contributed by atoms with E-state index >= 15 is 0 Å². The van der Waals surface area contributed by atoms with Gasteiger partial charge in [0.05, 0.1) is 27.7 Å². The number of carbonyl (C=O) groups excluding carboxylic acids is 2. The molecule has 0 N–H and O–H groups in total. The summed E-state index contributed by atoms with van der Waals surface area (Å²) in [4.78, 5) is 37.5. The minimum absolute atomic E-state index is 0.0406. The van der Waals surface area contributed by atoms with Gasteiger partial charge in [-0.15, -0.1) is 0 Å². The first-order valence-corrected chi connectivity index (χ1v) is 24.7. The molecule has 2 atom stereocenters. The minimum atomic E-state index is -4.64. The van der Waals surface area contributed by atoms with Crippen LogP contribution >= 0.6 is 7.82 Å². The van der Waals surface area contributed by atoms with E-state index in [1.807, 2.05) is 33.3 Å². The van der Waals surface area contributed by atoms with Crippen LogP contribution in [-0.2, 0) is 32.7 Å². The Balaban J connectivity index is 4.33. The number of phosphoric ester groups is 1. The SMILES string of the molecule is CCCCCCCC/C=C/C/C=C/CCC(=O)OC(COC(=O)CCCCCCCCC/C=C/CCCCCCCCCCC)COP(=O)([O-])OCC[N+](C)(C)C. The Hall–Kier alpha value is -1.77. The Labute approximate surface area is 351 Å². The van der Waals surface area contributed by atoms with Crippen molar-refractivity contribution in [3.05, 3.63) is 36.5 Å². The molecule has 0 radical (unpaired) electrons. The van der Waals surface area contributed by atoms with Crippen molar-refractivity contribution in [2.24, 2.45) is 0 Å². The quantitative estimate of drug-likeness (QED) is 0.0197. The highest BCUT2D eigenvalue weighted by Gasteiger charge is 2.21. The van der Waals surface area contributed by atoms with Crippen LogP contribution < -0.4 is 4.89 Å². The zero-order valence-electron chi connectivity index (χ0n) is 37.5. The number of carbonyl (C=O) groups is 2. The lowest BCUT2D eigenvalue weighted by atomic mass is 10.1. The summed E-state index contributed by atoms with van der Waals surface area (Å²) in [5, 5.41) is 0. The molecule has 0 aromatic heterocycles. The fourth-order valence-electron chi connectivity index (χ4n) is 6.23. The number of likely N-dealkylation sites (N-methyl/N-ethyl adjacent to an activating group) is 1. The number of esters is 2. The van der Waals surface area contributed by atoms with E-state index in [0.717, 1.165) is 44.9 Å². The molecule has 0 aliphatic carbocycles. The Kier molecular flexibility index (Phi) is 38.4. The van der Waals surface area contributed by atoms with Gasteiger partial charge in [-0.1, -0.05) is 166 Å². The van der Waals surface area contributed by atoms with Crippen LogP contribution in [0, 0.1) is 0 Å². The fraction of sp³-hybridized carbons (Fsp3) is 0.830. The van der Waals surface area contributed by atoms with Crippen LogP contribution in [-0.4, -0.2) is 70.0 Å². The Morgan fingerprint density at radius 2 is 0.982 bits per heavy atom. The average Bonchev–Trinajstić information content (AvgIpc) is 3.16. The van der Waals surface area contributed by atoms with Gasteiger partial charge in [0.25, 0.3) is 7.82 Å². The van der Waals surface area contributed by atoms with Crippen molar-refractivity contribution < 1.29 is 42.1 Å². The van der Waals surface area contributed by atoms with Crippen molar-refractivity contribution >= 4 is 19.8 Å². The maximum atomic E-state index is 12.6. The summed E-state index contributed by atoms with van der Waals surface area (Å²) in [6, 6.07) is 0. The van der Waals surface area contributed by atoms with Crippen LogP contribution in [0.1, 0.15) is 200 Å². The van der Waals surface area contributed by atoms with Crippen molar-refractivity contribution in [1.29, 1.82) is 0 Å². The molecule has 334 valence electrons. The molecule has 0 amide bonds. The van der Waals surface area contributed by atoms with Crippen LogP contribution in [0.5, 0.6) is 0 Å². The van der Waals surface area contributed by atoms with Gasteiger partial charge < -0.3 is 27.9 Å². The first-order chi connectivity index (χ1) is 27.5. The van der Waals surface area contributed by atoms with Gasteiger partial charge in [0.1, 0.15) is 19.8 Å². The van der Waals surface area contributed by atoms with Crippen LogP contribution in [0.3, 0.4) is 0 Å². The molecule has 0 spiro atoms. The number of nitrogens with zero attached hydrogens (tertiary/aromatic N) is 1. The molecule has 0 fully saturated rings. The molecule has 10 heteroatoms. The number of hydrogen-bond acceptors (Lipinski definition) is 8. The maximum absolute atomic E-state index is 12.6. The third kappa shape index (κ3) is 43.6. The lowest BCUT2D eigenvalue weighted by Gasteiger charge is -2.28. The van der Waals surface area contributed by atoms with Gasteiger partial charge in [0.2, 0.25) is 0 Å². The van der Waals surface area contributed by atoms with E-state index in [2.05, 4.69) is 38.2 Å².